The molecule has 0 atom stereocenters. The number of hydrogen-bond acceptors (Lipinski definition) is 3. The maximum absolute atomic E-state index is 5.29. The van der Waals surface area contributed by atoms with Crippen LogP contribution in [0.25, 0.3) is 0 Å². The van der Waals surface area contributed by atoms with Crippen molar-refractivity contribution in [2.45, 2.75) is 13.3 Å². The van der Waals surface area contributed by atoms with Crippen LogP contribution in [0.4, 0.5) is 0 Å². The Balaban J connectivity index is 2.27. The molecule has 0 radical (unpaired) electrons. The molecule has 0 bridgehead atoms. The first-order chi connectivity index (χ1) is 5.33. The van der Waals surface area contributed by atoms with E-state index in [1.807, 2.05) is 19.1 Å². The van der Waals surface area contributed by atoms with Crippen molar-refractivity contribution < 1.29 is 9.15 Å². The molecule has 0 saturated carbocycles. The van der Waals surface area contributed by atoms with Crippen molar-refractivity contribution in [2.24, 2.45) is 5.73 Å². The highest BCUT2D eigenvalue weighted by molar-refractivity contribution is 5.10. The second-order valence-corrected chi connectivity index (χ2v) is 2.36. The molecule has 2 N–H and O–H groups in total. The van der Waals surface area contributed by atoms with Crippen LogP contribution in [-0.4, -0.2) is 13.2 Å². The van der Waals surface area contributed by atoms with Crippen LogP contribution >= 0.6 is 0 Å². The quantitative estimate of drug-likeness (QED) is 0.667. The summed E-state index contributed by atoms with van der Waals surface area (Å²) in [6.45, 7) is 3.17. The Hall–Kier alpha value is -0.960. The van der Waals surface area contributed by atoms with E-state index in [4.69, 9.17) is 14.9 Å². The minimum absolute atomic E-state index is 0.580. The molecular formula is C8H13NO2. The highest BCUT2D eigenvalue weighted by Crippen LogP contribution is 2.14. The molecule has 3 nitrogen and oxygen atoms in total. The molecule has 0 fully saturated rings. The van der Waals surface area contributed by atoms with Gasteiger partial charge in [-0.1, -0.05) is 0 Å². The topological polar surface area (TPSA) is 48.4 Å². The van der Waals surface area contributed by atoms with Gasteiger partial charge in [0.1, 0.15) is 5.76 Å². The Morgan fingerprint density at radius 2 is 2.36 bits per heavy atom. The minimum Gasteiger partial charge on any atom is -0.465 e. The summed E-state index contributed by atoms with van der Waals surface area (Å²) in [4.78, 5) is 0. The van der Waals surface area contributed by atoms with E-state index >= 15 is 0 Å². The van der Waals surface area contributed by atoms with Crippen molar-refractivity contribution in [3.63, 3.8) is 0 Å². The minimum atomic E-state index is 0.580. The van der Waals surface area contributed by atoms with E-state index in [1.165, 1.54) is 0 Å². The Labute approximate surface area is 66.1 Å². The van der Waals surface area contributed by atoms with Gasteiger partial charge in [0, 0.05) is 6.07 Å². The zero-order valence-electron chi connectivity index (χ0n) is 6.67. The summed E-state index contributed by atoms with van der Waals surface area (Å²) in [5.41, 5.74) is 5.29. The van der Waals surface area contributed by atoms with Gasteiger partial charge in [-0.25, -0.2) is 0 Å². The molecule has 0 aromatic carbocycles. The number of ether oxygens (including phenoxy) is 1. The second kappa shape index (κ2) is 4.03. The maximum Gasteiger partial charge on any atom is 0.284 e. The summed E-state index contributed by atoms with van der Waals surface area (Å²) in [6, 6.07) is 3.68. The van der Waals surface area contributed by atoms with E-state index < -0.39 is 0 Å². The number of furan rings is 1. The zero-order chi connectivity index (χ0) is 8.10. The molecule has 0 amide bonds. The molecule has 11 heavy (non-hydrogen) atoms. The predicted molar refractivity (Wildman–Crippen MR) is 42.6 cm³/mol. The lowest BCUT2D eigenvalue weighted by Gasteiger charge is -1.99. The molecule has 1 aromatic rings. The van der Waals surface area contributed by atoms with Gasteiger partial charge >= 0.3 is 0 Å². The van der Waals surface area contributed by atoms with Crippen molar-refractivity contribution in [1.82, 2.24) is 0 Å². The molecule has 1 rings (SSSR count). The highest BCUT2D eigenvalue weighted by atomic mass is 16.6. The molecular weight excluding hydrogens is 142 g/mol. The van der Waals surface area contributed by atoms with Crippen molar-refractivity contribution in [3.05, 3.63) is 17.9 Å². The van der Waals surface area contributed by atoms with Crippen LogP contribution in [-0.2, 0) is 0 Å². The average Bonchev–Trinajstić information content (AvgIpc) is 2.37. The van der Waals surface area contributed by atoms with E-state index in [-0.39, 0.29) is 0 Å². The summed E-state index contributed by atoms with van der Waals surface area (Å²) < 4.78 is 10.4. The summed E-state index contributed by atoms with van der Waals surface area (Å²) in [5, 5.41) is 0. The first-order valence-corrected chi connectivity index (χ1v) is 3.72. The van der Waals surface area contributed by atoms with E-state index in [2.05, 4.69) is 0 Å². The van der Waals surface area contributed by atoms with Gasteiger partial charge in [-0.3, -0.25) is 0 Å². The van der Waals surface area contributed by atoms with Gasteiger partial charge in [0.05, 0.1) is 6.61 Å². The second-order valence-electron chi connectivity index (χ2n) is 2.36. The molecule has 3 heteroatoms. The number of nitrogens with two attached hydrogens (primary N) is 1. The highest BCUT2D eigenvalue weighted by Gasteiger charge is 1.96. The monoisotopic (exact) mass is 155 g/mol. The van der Waals surface area contributed by atoms with Crippen LogP contribution in [0.3, 0.4) is 0 Å². The molecule has 0 saturated heterocycles. The third-order valence-electron chi connectivity index (χ3n) is 1.31. The van der Waals surface area contributed by atoms with Gasteiger partial charge in [0.2, 0.25) is 0 Å². The molecule has 0 aliphatic heterocycles. The van der Waals surface area contributed by atoms with E-state index in [0.717, 1.165) is 12.2 Å². The van der Waals surface area contributed by atoms with Crippen LogP contribution < -0.4 is 10.5 Å². The lowest BCUT2D eigenvalue weighted by atomic mass is 10.5. The van der Waals surface area contributed by atoms with Gasteiger partial charge < -0.3 is 14.9 Å². The molecule has 1 heterocycles. The predicted octanol–water partition coefficient (Wildman–Crippen LogP) is 1.32. The summed E-state index contributed by atoms with van der Waals surface area (Å²) >= 11 is 0. The van der Waals surface area contributed by atoms with Crippen LogP contribution in [0.5, 0.6) is 5.95 Å². The van der Waals surface area contributed by atoms with Crippen molar-refractivity contribution >= 4 is 0 Å². The number of hydrogen-bond donors (Lipinski definition) is 1. The molecule has 1 aromatic heterocycles. The Morgan fingerprint density at radius 3 is 2.91 bits per heavy atom. The normalized spacial score (nSPS) is 10.0. The van der Waals surface area contributed by atoms with Gasteiger partial charge in [0.25, 0.3) is 5.95 Å². The fraction of sp³-hybridized carbons (Fsp3) is 0.500. The van der Waals surface area contributed by atoms with Gasteiger partial charge in [-0.2, -0.15) is 0 Å². The van der Waals surface area contributed by atoms with E-state index in [9.17, 15) is 0 Å². The van der Waals surface area contributed by atoms with Gasteiger partial charge in [0.15, 0.2) is 0 Å². The fourth-order valence-corrected chi connectivity index (χ4v) is 0.746. The molecule has 62 valence electrons. The lowest BCUT2D eigenvalue weighted by Crippen LogP contribution is -2.05. The largest absolute Gasteiger partial charge is 0.465 e. The SMILES string of the molecule is Cc1ccc(OCCCN)o1. The van der Waals surface area contributed by atoms with E-state index in [1.54, 1.807) is 0 Å². The number of aryl methyl sites for hydroxylation is 1. The first kappa shape index (κ1) is 8.14. The molecule has 0 aliphatic carbocycles. The van der Waals surface area contributed by atoms with Crippen molar-refractivity contribution in [2.75, 3.05) is 13.2 Å². The fourth-order valence-electron chi connectivity index (χ4n) is 0.746. The van der Waals surface area contributed by atoms with Crippen LogP contribution in [0.15, 0.2) is 16.5 Å². The third-order valence-corrected chi connectivity index (χ3v) is 1.31. The smallest absolute Gasteiger partial charge is 0.284 e. The summed E-state index contributed by atoms with van der Waals surface area (Å²) in [7, 11) is 0. The average molecular weight is 155 g/mol. The lowest BCUT2D eigenvalue weighted by molar-refractivity contribution is 0.237. The van der Waals surface area contributed by atoms with E-state index in [0.29, 0.717) is 19.1 Å². The standard InChI is InChI=1S/C8H13NO2/c1-7-3-4-8(11-7)10-6-2-5-9/h3-4H,2,5-6,9H2,1H3. The van der Waals surface area contributed by atoms with Gasteiger partial charge in [-0.05, 0) is 26.0 Å². The zero-order valence-corrected chi connectivity index (χ0v) is 6.67. The van der Waals surface area contributed by atoms with Crippen molar-refractivity contribution in [1.29, 1.82) is 0 Å². The Kier molecular flexibility index (Phi) is 2.98. The van der Waals surface area contributed by atoms with Crippen LogP contribution in [0, 0.1) is 6.92 Å². The number of rotatable bonds is 4. The van der Waals surface area contributed by atoms with Crippen LogP contribution in [0.2, 0.25) is 0 Å². The Bertz CT molecular complexity index is 208. The molecule has 0 unspecified atom stereocenters. The summed E-state index contributed by atoms with van der Waals surface area (Å²) in [5.74, 6) is 1.45. The Morgan fingerprint density at radius 1 is 1.55 bits per heavy atom. The maximum atomic E-state index is 5.29. The first-order valence-electron chi connectivity index (χ1n) is 3.72. The van der Waals surface area contributed by atoms with Crippen molar-refractivity contribution in [3.8, 4) is 5.95 Å². The van der Waals surface area contributed by atoms with Crippen LogP contribution in [0.1, 0.15) is 12.2 Å². The molecule has 0 aliphatic rings. The third kappa shape index (κ3) is 2.63. The summed E-state index contributed by atoms with van der Waals surface area (Å²) in [6.07, 6.45) is 0.861. The van der Waals surface area contributed by atoms with Gasteiger partial charge in [-0.15, -0.1) is 0 Å². The molecule has 0 spiro atoms.